The first-order valence-corrected chi connectivity index (χ1v) is 5.23. The summed E-state index contributed by atoms with van der Waals surface area (Å²) < 4.78 is 26.5. The van der Waals surface area contributed by atoms with Crippen molar-refractivity contribution in [3.05, 3.63) is 33.9 Å². The van der Waals surface area contributed by atoms with Crippen LogP contribution in [0.15, 0.2) is 12.1 Å². The Hall–Kier alpha value is -1.72. The third kappa shape index (κ3) is 3.12. The van der Waals surface area contributed by atoms with Gasteiger partial charge in [-0.25, -0.2) is 4.39 Å². The van der Waals surface area contributed by atoms with Crippen LogP contribution < -0.4 is 5.32 Å². The van der Waals surface area contributed by atoms with Gasteiger partial charge in [0.05, 0.1) is 10.6 Å². The van der Waals surface area contributed by atoms with Gasteiger partial charge in [0.15, 0.2) is 0 Å². The number of anilines is 1. The monoisotopic (exact) mass is 244 g/mol. The van der Waals surface area contributed by atoms with E-state index in [1.165, 1.54) is 0 Å². The molecule has 1 N–H and O–H groups in total. The summed E-state index contributed by atoms with van der Waals surface area (Å²) in [5.41, 5.74) is -0.788. The summed E-state index contributed by atoms with van der Waals surface area (Å²) >= 11 is 0. The Morgan fingerprint density at radius 3 is 2.29 bits per heavy atom. The molecule has 6 heteroatoms. The van der Waals surface area contributed by atoms with Crippen molar-refractivity contribution in [2.45, 2.75) is 26.8 Å². The third-order valence-corrected chi connectivity index (χ3v) is 2.62. The smallest absolute Gasteiger partial charge is 0.307 e. The molecule has 0 aliphatic carbocycles. The number of hydrogen-bond donors (Lipinski definition) is 1. The van der Waals surface area contributed by atoms with E-state index >= 15 is 0 Å². The van der Waals surface area contributed by atoms with Crippen molar-refractivity contribution in [1.82, 2.24) is 0 Å². The molecule has 0 fully saturated rings. The first-order valence-electron chi connectivity index (χ1n) is 5.23. The lowest BCUT2D eigenvalue weighted by atomic mass is 10.1. The summed E-state index contributed by atoms with van der Waals surface area (Å²) in [5, 5.41) is 13.3. The standard InChI is InChI=1S/C11H14F2N2O2/c1-6(2)7(3)14-10-5-11(15(16)17)9(13)4-8(10)12/h4-7,14H,1-3H3. The average Bonchev–Trinajstić information content (AvgIpc) is 2.21. The summed E-state index contributed by atoms with van der Waals surface area (Å²) in [4.78, 5) is 9.65. The van der Waals surface area contributed by atoms with E-state index in [1.807, 2.05) is 20.8 Å². The van der Waals surface area contributed by atoms with E-state index in [9.17, 15) is 18.9 Å². The SMILES string of the molecule is CC(C)C(C)Nc1cc([N+](=O)[O-])c(F)cc1F. The maximum absolute atomic E-state index is 13.4. The molecule has 0 spiro atoms. The van der Waals surface area contributed by atoms with E-state index in [4.69, 9.17) is 0 Å². The number of nitrogens with zero attached hydrogens (tertiary/aromatic N) is 1. The molecule has 1 aromatic rings. The summed E-state index contributed by atoms with van der Waals surface area (Å²) in [6, 6.07) is 1.33. The Labute approximate surface area is 97.8 Å². The highest BCUT2D eigenvalue weighted by Gasteiger charge is 2.19. The summed E-state index contributed by atoms with van der Waals surface area (Å²) in [5.74, 6) is -1.78. The minimum atomic E-state index is -1.17. The lowest BCUT2D eigenvalue weighted by Gasteiger charge is -2.19. The number of benzene rings is 1. The number of hydrogen-bond acceptors (Lipinski definition) is 3. The van der Waals surface area contributed by atoms with Crippen LogP contribution in [0.3, 0.4) is 0 Å². The minimum absolute atomic E-state index is 0.0562. The number of nitro groups is 1. The molecule has 1 rings (SSSR count). The van der Waals surface area contributed by atoms with Crippen LogP contribution in [0.5, 0.6) is 0 Å². The fourth-order valence-corrected chi connectivity index (χ4v) is 1.20. The average molecular weight is 244 g/mol. The molecule has 17 heavy (non-hydrogen) atoms. The zero-order chi connectivity index (χ0) is 13.2. The molecule has 0 saturated carbocycles. The Morgan fingerprint density at radius 1 is 1.24 bits per heavy atom. The summed E-state index contributed by atoms with van der Waals surface area (Å²) in [6.45, 7) is 5.67. The molecule has 0 aliphatic rings. The minimum Gasteiger partial charge on any atom is -0.380 e. The van der Waals surface area contributed by atoms with Crippen molar-refractivity contribution in [3.8, 4) is 0 Å². The van der Waals surface area contributed by atoms with Gasteiger partial charge in [0.1, 0.15) is 5.82 Å². The Balaban J connectivity index is 3.08. The predicted octanol–water partition coefficient (Wildman–Crippen LogP) is 3.33. The van der Waals surface area contributed by atoms with Gasteiger partial charge in [0.25, 0.3) is 0 Å². The van der Waals surface area contributed by atoms with Gasteiger partial charge in [-0.2, -0.15) is 4.39 Å². The van der Waals surface area contributed by atoms with E-state index in [2.05, 4.69) is 5.32 Å². The van der Waals surface area contributed by atoms with Crippen LogP contribution >= 0.6 is 0 Å². The van der Waals surface area contributed by atoms with Gasteiger partial charge >= 0.3 is 5.69 Å². The van der Waals surface area contributed by atoms with E-state index < -0.39 is 22.2 Å². The maximum Gasteiger partial charge on any atom is 0.307 e. The number of nitrogens with one attached hydrogen (secondary N) is 1. The van der Waals surface area contributed by atoms with Crippen molar-refractivity contribution in [2.75, 3.05) is 5.32 Å². The Morgan fingerprint density at radius 2 is 1.82 bits per heavy atom. The van der Waals surface area contributed by atoms with Gasteiger partial charge in [-0.15, -0.1) is 0 Å². The molecule has 1 unspecified atom stereocenters. The second-order valence-electron chi connectivity index (χ2n) is 4.22. The van der Waals surface area contributed by atoms with Crippen LogP contribution in [-0.4, -0.2) is 11.0 Å². The van der Waals surface area contributed by atoms with Gasteiger partial charge in [-0.3, -0.25) is 10.1 Å². The number of rotatable bonds is 4. The van der Waals surface area contributed by atoms with E-state index in [1.54, 1.807) is 0 Å². The van der Waals surface area contributed by atoms with Gasteiger partial charge in [-0.05, 0) is 12.8 Å². The van der Waals surface area contributed by atoms with Gasteiger partial charge in [0.2, 0.25) is 5.82 Å². The highest BCUT2D eigenvalue weighted by atomic mass is 19.1. The van der Waals surface area contributed by atoms with Crippen LogP contribution in [0, 0.1) is 27.7 Å². The van der Waals surface area contributed by atoms with Crippen LogP contribution in [-0.2, 0) is 0 Å². The van der Waals surface area contributed by atoms with E-state index in [0.29, 0.717) is 6.07 Å². The molecular formula is C11H14F2N2O2. The fourth-order valence-electron chi connectivity index (χ4n) is 1.20. The van der Waals surface area contributed by atoms with Gasteiger partial charge < -0.3 is 5.32 Å². The molecule has 0 saturated heterocycles. The number of halogens is 2. The molecule has 0 aliphatic heterocycles. The summed E-state index contributed by atoms with van der Waals surface area (Å²) in [7, 11) is 0. The van der Waals surface area contributed by atoms with Gasteiger partial charge in [0, 0.05) is 18.2 Å². The maximum atomic E-state index is 13.4. The van der Waals surface area contributed by atoms with E-state index in [0.717, 1.165) is 6.07 Å². The third-order valence-electron chi connectivity index (χ3n) is 2.62. The molecule has 0 amide bonds. The second kappa shape index (κ2) is 5.07. The van der Waals surface area contributed by atoms with Crippen LogP contribution in [0.4, 0.5) is 20.2 Å². The van der Waals surface area contributed by atoms with Crippen molar-refractivity contribution < 1.29 is 13.7 Å². The molecule has 0 radical (unpaired) electrons. The highest BCUT2D eigenvalue weighted by molar-refractivity contribution is 5.53. The van der Waals surface area contributed by atoms with E-state index in [-0.39, 0.29) is 17.6 Å². The normalized spacial score (nSPS) is 12.6. The molecule has 0 heterocycles. The number of nitro benzene ring substituents is 1. The van der Waals surface area contributed by atoms with Crippen LogP contribution in [0.1, 0.15) is 20.8 Å². The van der Waals surface area contributed by atoms with Crippen molar-refractivity contribution in [2.24, 2.45) is 5.92 Å². The van der Waals surface area contributed by atoms with Crippen molar-refractivity contribution in [1.29, 1.82) is 0 Å². The summed E-state index contributed by atoms with van der Waals surface area (Å²) in [6.07, 6.45) is 0. The fraction of sp³-hybridized carbons (Fsp3) is 0.455. The van der Waals surface area contributed by atoms with Gasteiger partial charge in [-0.1, -0.05) is 13.8 Å². The van der Waals surface area contributed by atoms with Crippen molar-refractivity contribution in [3.63, 3.8) is 0 Å². The zero-order valence-electron chi connectivity index (χ0n) is 9.83. The molecule has 4 nitrogen and oxygen atoms in total. The zero-order valence-corrected chi connectivity index (χ0v) is 9.83. The second-order valence-corrected chi connectivity index (χ2v) is 4.22. The molecule has 0 bridgehead atoms. The lowest BCUT2D eigenvalue weighted by molar-refractivity contribution is -0.387. The Kier molecular flexibility index (Phi) is 3.98. The first-order chi connectivity index (χ1) is 7.82. The molecule has 94 valence electrons. The lowest BCUT2D eigenvalue weighted by Crippen LogP contribution is -2.22. The highest BCUT2D eigenvalue weighted by Crippen LogP contribution is 2.26. The van der Waals surface area contributed by atoms with Crippen molar-refractivity contribution >= 4 is 11.4 Å². The predicted molar refractivity (Wildman–Crippen MR) is 60.9 cm³/mol. The molecule has 0 aromatic heterocycles. The largest absolute Gasteiger partial charge is 0.380 e. The van der Waals surface area contributed by atoms with Crippen LogP contribution in [0.2, 0.25) is 0 Å². The first kappa shape index (κ1) is 13.3. The topological polar surface area (TPSA) is 55.2 Å². The molecule has 1 atom stereocenters. The molecule has 1 aromatic carbocycles. The quantitative estimate of drug-likeness (QED) is 0.652. The Bertz CT molecular complexity index is 436. The van der Waals surface area contributed by atoms with Crippen LogP contribution in [0.25, 0.3) is 0 Å². The molecular weight excluding hydrogens is 230 g/mol.